The summed E-state index contributed by atoms with van der Waals surface area (Å²) in [6.07, 6.45) is 9.39. The third-order valence-electron chi connectivity index (χ3n) is 4.66. The molecular weight excluding hydrogens is 212 g/mol. The maximum Gasteiger partial charge on any atom is 0.0703 e. The second kappa shape index (κ2) is 6.17. The van der Waals surface area contributed by atoms with Crippen LogP contribution in [0.25, 0.3) is 0 Å². The van der Waals surface area contributed by atoms with Gasteiger partial charge >= 0.3 is 0 Å². The van der Waals surface area contributed by atoms with E-state index in [1.807, 2.05) is 0 Å². The number of nitrogens with two attached hydrogens (primary N) is 1. The topological polar surface area (TPSA) is 38.5 Å². The first-order valence-corrected chi connectivity index (χ1v) is 7.29. The van der Waals surface area contributed by atoms with E-state index in [2.05, 4.69) is 18.9 Å². The smallest absolute Gasteiger partial charge is 0.0703 e. The fourth-order valence-electron chi connectivity index (χ4n) is 3.50. The molecular formula is C14H28N2O. The maximum absolute atomic E-state index is 6.38. The minimum atomic E-state index is 0.355. The molecule has 4 unspecified atom stereocenters. The first-order chi connectivity index (χ1) is 8.20. The second-order valence-corrected chi connectivity index (χ2v) is 5.82. The zero-order chi connectivity index (χ0) is 12.3. The molecule has 2 rings (SSSR count). The fourth-order valence-corrected chi connectivity index (χ4v) is 3.50. The van der Waals surface area contributed by atoms with E-state index in [1.54, 1.807) is 0 Å². The zero-order valence-corrected chi connectivity index (χ0v) is 11.4. The molecule has 3 heteroatoms. The van der Waals surface area contributed by atoms with Crippen molar-refractivity contribution in [2.45, 2.75) is 76.1 Å². The zero-order valence-electron chi connectivity index (χ0n) is 11.4. The van der Waals surface area contributed by atoms with Crippen LogP contribution < -0.4 is 5.73 Å². The lowest BCUT2D eigenvalue weighted by Crippen LogP contribution is -2.52. The Kier molecular flexibility index (Phi) is 4.83. The van der Waals surface area contributed by atoms with Crippen LogP contribution in [-0.4, -0.2) is 42.8 Å². The second-order valence-electron chi connectivity index (χ2n) is 5.82. The minimum absolute atomic E-state index is 0.355. The van der Waals surface area contributed by atoms with Gasteiger partial charge in [0.25, 0.3) is 0 Å². The van der Waals surface area contributed by atoms with Gasteiger partial charge in [0.2, 0.25) is 0 Å². The maximum atomic E-state index is 6.38. The average molecular weight is 240 g/mol. The van der Waals surface area contributed by atoms with Gasteiger partial charge in [-0.25, -0.2) is 0 Å². The number of hydrogen-bond acceptors (Lipinski definition) is 3. The van der Waals surface area contributed by atoms with Crippen molar-refractivity contribution in [2.75, 3.05) is 13.7 Å². The van der Waals surface area contributed by atoms with Gasteiger partial charge in [-0.3, -0.25) is 4.90 Å². The largest absolute Gasteiger partial charge is 0.377 e. The molecule has 3 nitrogen and oxygen atoms in total. The first kappa shape index (κ1) is 13.3. The summed E-state index contributed by atoms with van der Waals surface area (Å²) in [7, 11) is 2.25. The summed E-state index contributed by atoms with van der Waals surface area (Å²) in [4.78, 5) is 2.52. The van der Waals surface area contributed by atoms with E-state index in [0.29, 0.717) is 24.2 Å². The van der Waals surface area contributed by atoms with Crippen LogP contribution in [-0.2, 0) is 4.74 Å². The summed E-state index contributed by atoms with van der Waals surface area (Å²) in [5, 5.41) is 0. The van der Waals surface area contributed by atoms with Crippen LogP contribution in [0, 0.1) is 0 Å². The number of rotatable bonds is 2. The molecule has 0 aromatic heterocycles. The van der Waals surface area contributed by atoms with Crippen molar-refractivity contribution in [1.29, 1.82) is 0 Å². The van der Waals surface area contributed by atoms with Crippen LogP contribution in [0.4, 0.5) is 0 Å². The summed E-state index contributed by atoms with van der Waals surface area (Å²) < 4.78 is 5.69. The van der Waals surface area contributed by atoms with Crippen LogP contribution >= 0.6 is 0 Å². The van der Waals surface area contributed by atoms with E-state index in [4.69, 9.17) is 10.5 Å². The highest BCUT2D eigenvalue weighted by molar-refractivity contribution is 4.89. The predicted octanol–water partition coefficient (Wildman–Crippen LogP) is 2.15. The van der Waals surface area contributed by atoms with Crippen molar-refractivity contribution in [1.82, 2.24) is 4.90 Å². The van der Waals surface area contributed by atoms with E-state index in [9.17, 15) is 0 Å². The lowest BCUT2D eigenvalue weighted by Gasteiger charge is -2.38. The molecule has 1 aliphatic heterocycles. The molecule has 0 aromatic carbocycles. The lowest BCUT2D eigenvalue weighted by molar-refractivity contribution is 0.0563. The summed E-state index contributed by atoms with van der Waals surface area (Å²) in [5.74, 6) is 0. The molecule has 2 aliphatic rings. The standard InChI is InChI=1S/C14H28N2O/c1-11-13(9-10-17-11)16(2)14-8-6-4-3-5-7-12(14)15/h11-14H,3-10,15H2,1-2H3. The van der Waals surface area contributed by atoms with Crippen LogP contribution in [0.2, 0.25) is 0 Å². The molecule has 2 N–H and O–H groups in total. The van der Waals surface area contributed by atoms with Crippen LogP contribution in [0.5, 0.6) is 0 Å². The molecule has 17 heavy (non-hydrogen) atoms. The Morgan fingerprint density at radius 2 is 1.71 bits per heavy atom. The summed E-state index contributed by atoms with van der Waals surface area (Å²) in [5.41, 5.74) is 6.38. The number of nitrogens with zero attached hydrogens (tertiary/aromatic N) is 1. The predicted molar refractivity (Wildman–Crippen MR) is 71.0 cm³/mol. The number of hydrogen-bond donors (Lipinski definition) is 1. The van der Waals surface area contributed by atoms with Crippen LogP contribution in [0.3, 0.4) is 0 Å². The van der Waals surface area contributed by atoms with Gasteiger partial charge in [0.1, 0.15) is 0 Å². The Hall–Kier alpha value is -0.120. The van der Waals surface area contributed by atoms with Crippen molar-refractivity contribution in [2.24, 2.45) is 5.73 Å². The summed E-state index contributed by atoms with van der Waals surface area (Å²) >= 11 is 0. The molecule has 4 atom stereocenters. The molecule has 100 valence electrons. The Balaban J connectivity index is 1.97. The van der Waals surface area contributed by atoms with Gasteiger partial charge in [-0.1, -0.05) is 25.7 Å². The molecule has 1 saturated carbocycles. The minimum Gasteiger partial charge on any atom is -0.377 e. The van der Waals surface area contributed by atoms with Gasteiger partial charge < -0.3 is 10.5 Å². The molecule has 0 bridgehead atoms. The van der Waals surface area contributed by atoms with Crippen molar-refractivity contribution >= 4 is 0 Å². The molecule has 1 saturated heterocycles. The Morgan fingerprint density at radius 1 is 1.00 bits per heavy atom. The van der Waals surface area contributed by atoms with Crippen molar-refractivity contribution in [3.8, 4) is 0 Å². The van der Waals surface area contributed by atoms with Crippen LogP contribution in [0.15, 0.2) is 0 Å². The van der Waals surface area contributed by atoms with E-state index >= 15 is 0 Å². The van der Waals surface area contributed by atoms with Gasteiger partial charge in [-0.05, 0) is 33.2 Å². The third kappa shape index (κ3) is 3.21. The Labute approximate surface area is 106 Å². The molecule has 0 amide bonds. The average Bonchev–Trinajstić information content (AvgIpc) is 2.70. The number of likely N-dealkylation sites (N-methyl/N-ethyl adjacent to an activating group) is 1. The van der Waals surface area contributed by atoms with Crippen molar-refractivity contribution in [3.05, 3.63) is 0 Å². The van der Waals surface area contributed by atoms with Crippen molar-refractivity contribution < 1.29 is 4.74 Å². The van der Waals surface area contributed by atoms with Gasteiger partial charge in [0, 0.05) is 24.7 Å². The van der Waals surface area contributed by atoms with E-state index in [1.165, 1.54) is 44.9 Å². The van der Waals surface area contributed by atoms with Gasteiger partial charge in [-0.2, -0.15) is 0 Å². The SMILES string of the molecule is CC1OCCC1N(C)C1CCCCCCC1N. The molecule has 0 aromatic rings. The van der Waals surface area contributed by atoms with Gasteiger partial charge in [0.05, 0.1) is 6.10 Å². The number of ether oxygens (including phenoxy) is 1. The third-order valence-corrected chi connectivity index (χ3v) is 4.66. The molecule has 0 spiro atoms. The fraction of sp³-hybridized carbons (Fsp3) is 1.00. The lowest BCUT2D eigenvalue weighted by atomic mass is 9.90. The Bertz CT molecular complexity index is 234. The van der Waals surface area contributed by atoms with E-state index < -0.39 is 0 Å². The summed E-state index contributed by atoms with van der Waals surface area (Å²) in [6, 6.07) is 1.49. The molecule has 1 aliphatic carbocycles. The molecule has 2 fully saturated rings. The summed E-state index contributed by atoms with van der Waals surface area (Å²) in [6.45, 7) is 3.11. The van der Waals surface area contributed by atoms with Crippen molar-refractivity contribution in [3.63, 3.8) is 0 Å². The highest BCUT2D eigenvalue weighted by Gasteiger charge is 2.34. The van der Waals surface area contributed by atoms with Gasteiger partial charge in [0.15, 0.2) is 0 Å². The molecule has 1 heterocycles. The quantitative estimate of drug-likeness (QED) is 0.804. The van der Waals surface area contributed by atoms with E-state index in [0.717, 1.165) is 6.61 Å². The van der Waals surface area contributed by atoms with Gasteiger partial charge in [-0.15, -0.1) is 0 Å². The van der Waals surface area contributed by atoms with E-state index in [-0.39, 0.29) is 0 Å². The molecule has 0 radical (unpaired) electrons. The highest BCUT2D eigenvalue weighted by Crippen LogP contribution is 2.26. The highest BCUT2D eigenvalue weighted by atomic mass is 16.5. The normalized spacial score (nSPS) is 40.2. The Morgan fingerprint density at radius 3 is 2.35 bits per heavy atom. The first-order valence-electron chi connectivity index (χ1n) is 7.29. The van der Waals surface area contributed by atoms with Crippen LogP contribution in [0.1, 0.15) is 51.9 Å². The monoisotopic (exact) mass is 240 g/mol.